The smallest absolute Gasteiger partial charge is 0.278 e. The van der Waals surface area contributed by atoms with Crippen LogP contribution in [0.5, 0.6) is 5.75 Å². The Bertz CT molecular complexity index is 1180. The molecule has 1 saturated heterocycles. The number of nitrogens with two attached hydrogens (primary N) is 1. The van der Waals surface area contributed by atoms with Gasteiger partial charge in [0.2, 0.25) is 0 Å². The second-order valence-corrected chi connectivity index (χ2v) is 9.08. The summed E-state index contributed by atoms with van der Waals surface area (Å²) in [6.07, 6.45) is 9.26. The van der Waals surface area contributed by atoms with Crippen molar-refractivity contribution >= 4 is 23.1 Å². The van der Waals surface area contributed by atoms with Gasteiger partial charge >= 0.3 is 0 Å². The minimum absolute atomic E-state index is 0.0425. The van der Waals surface area contributed by atoms with Crippen LogP contribution in [0.2, 0.25) is 0 Å². The summed E-state index contributed by atoms with van der Waals surface area (Å²) in [4.78, 5) is 28.1. The number of carbonyl (C=O) groups is 1. The van der Waals surface area contributed by atoms with E-state index in [2.05, 4.69) is 25.2 Å². The first-order chi connectivity index (χ1) is 17.9. The molecule has 198 valence electrons. The van der Waals surface area contributed by atoms with E-state index in [0.717, 1.165) is 31.6 Å². The minimum Gasteiger partial charge on any atom is -0.493 e. The van der Waals surface area contributed by atoms with Crippen LogP contribution in [0, 0.1) is 11.7 Å². The van der Waals surface area contributed by atoms with E-state index in [0.29, 0.717) is 24.0 Å². The van der Waals surface area contributed by atoms with Gasteiger partial charge in [-0.15, -0.1) is 0 Å². The topological polar surface area (TPSA) is 106 Å². The molecule has 0 saturated carbocycles. The zero-order chi connectivity index (χ0) is 26.8. The first kappa shape index (κ1) is 27.8. The number of nitrogens with one attached hydrogen (secondary N) is 1. The molecule has 0 spiro atoms. The van der Waals surface area contributed by atoms with Gasteiger partial charge in [-0.3, -0.25) is 9.78 Å². The fourth-order valence-electron chi connectivity index (χ4n) is 4.00. The van der Waals surface area contributed by atoms with Gasteiger partial charge < -0.3 is 20.7 Å². The molecule has 1 aliphatic rings. The lowest BCUT2D eigenvalue weighted by Gasteiger charge is -2.25. The Morgan fingerprint density at radius 1 is 1.14 bits per heavy atom. The first-order valence-electron chi connectivity index (χ1n) is 13.0. The van der Waals surface area contributed by atoms with E-state index < -0.39 is 11.7 Å². The van der Waals surface area contributed by atoms with Crippen molar-refractivity contribution in [1.82, 2.24) is 15.0 Å². The summed E-state index contributed by atoms with van der Waals surface area (Å²) in [6, 6.07) is 6.32. The van der Waals surface area contributed by atoms with E-state index in [1.165, 1.54) is 25.1 Å². The van der Waals surface area contributed by atoms with E-state index in [-0.39, 0.29) is 22.8 Å². The van der Waals surface area contributed by atoms with E-state index in [1.54, 1.807) is 24.5 Å². The van der Waals surface area contributed by atoms with Crippen molar-refractivity contribution in [1.29, 1.82) is 0 Å². The van der Waals surface area contributed by atoms with Crippen molar-refractivity contribution in [2.45, 2.75) is 53.4 Å². The lowest BCUT2D eigenvalue weighted by Crippen LogP contribution is -2.26. The Labute approximate surface area is 218 Å². The summed E-state index contributed by atoms with van der Waals surface area (Å²) in [7, 11) is 0. The van der Waals surface area contributed by atoms with Crippen molar-refractivity contribution < 1.29 is 13.9 Å². The Kier molecular flexibility index (Phi) is 10.2. The highest BCUT2D eigenvalue weighted by Crippen LogP contribution is 2.29. The largest absolute Gasteiger partial charge is 0.493 e. The molecule has 3 heterocycles. The number of anilines is 3. The van der Waals surface area contributed by atoms with Crippen LogP contribution in [-0.2, 0) is 0 Å². The van der Waals surface area contributed by atoms with Crippen molar-refractivity contribution in [3.8, 4) is 17.0 Å². The molecule has 0 radical (unpaired) electrons. The number of pyridine rings is 1. The fourth-order valence-corrected chi connectivity index (χ4v) is 4.00. The molecule has 4 rings (SSSR count). The van der Waals surface area contributed by atoms with Crippen molar-refractivity contribution in [3.05, 3.63) is 54.4 Å². The summed E-state index contributed by atoms with van der Waals surface area (Å²) in [5, 5.41) is 2.88. The van der Waals surface area contributed by atoms with Gasteiger partial charge in [0, 0.05) is 24.8 Å². The maximum atomic E-state index is 14.7. The molecule has 2 aromatic heterocycles. The quantitative estimate of drug-likeness (QED) is 0.406. The zero-order valence-corrected chi connectivity index (χ0v) is 22.1. The van der Waals surface area contributed by atoms with Gasteiger partial charge in [0.25, 0.3) is 5.91 Å². The van der Waals surface area contributed by atoms with Crippen LogP contribution in [0.1, 0.15) is 63.9 Å². The number of carbonyl (C=O) groups excluding carboxylic acids is 1. The molecule has 1 amide bonds. The van der Waals surface area contributed by atoms with Crippen molar-refractivity contribution in [3.63, 3.8) is 0 Å². The second kappa shape index (κ2) is 13.5. The Hall–Kier alpha value is -3.75. The highest BCUT2D eigenvalue weighted by molar-refractivity contribution is 6.07. The Morgan fingerprint density at radius 2 is 1.86 bits per heavy atom. The molecule has 0 atom stereocenters. The van der Waals surface area contributed by atoms with Crippen LogP contribution in [-0.4, -0.2) is 40.6 Å². The minimum atomic E-state index is -0.534. The molecule has 3 aromatic rings. The molecule has 37 heavy (non-hydrogen) atoms. The number of amides is 1. The summed E-state index contributed by atoms with van der Waals surface area (Å²) in [5.41, 5.74) is 7.75. The summed E-state index contributed by atoms with van der Waals surface area (Å²) in [6.45, 7) is 10.4. The van der Waals surface area contributed by atoms with Crippen molar-refractivity contribution in [2.24, 2.45) is 5.92 Å². The van der Waals surface area contributed by atoms with Crippen LogP contribution >= 0.6 is 0 Å². The number of aromatic nitrogens is 3. The average molecular weight is 509 g/mol. The van der Waals surface area contributed by atoms with Gasteiger partial charge in [-0.05, 0) is 43.0 Å². The first-order valence-corrected chi connectivity index (χ1v) is 13.0. The number of nitrogens with zero attached hydrogens (tertiary/aromatic N) is 4. The standard InChI is InChI=1S/C26H31FN6O2.C2H6/c1-17(2)16-35-18-7-8-20(27)19(13-18)21-15-30-25(28)24(31-21)26(34)32-22-14-29-10-9-23(22)33-11-5-3-4-6-12-33;1-2/h7-10,13-15,17H,3-6,11-12,16H2,1-2H3,(H2,28,30)(H,32,34);1-2H3. The summed E-state index contributed by atoms with van der Waals surface area (Å²) < 4.78 is 20.4. The van der Waals surface area contributed by atoms with Crippen LogP contribution in [0.15, 0.2) is 42.9 Å². The molecule has 0 unspecified atom stereocenters. The highest BCUT2D eigenvalue weighted by Gasteiger charge is 2.20. The van der Waals surface area contributed by atoms with E-state index in [9.17, 15) is 9.18 Å². The van der Waals surface area contributed by atoms with Crippen LogP contribution < -0.4 is 20.7 Å². The number of hydrogen-bond acceptors (Lipinski definition) is 7. The molecule has 1 aliphatic heterocycles. The third-order valence-electron chi connectivity index (χ3n) is 5.81. The molecule has 0 aliphatic carbocycles. The van der Waals surface area contributed by atoms with Gasteiger partial charge in [0.1, 0.15) is 11.6 Å². The summed E-state index contributed by atoms with van der Waals surface area (Å²) >= 11 is 0. The molecule has 8 nitrogen and oxygen atoms in total. The normalized spacial score (nSPS) is 13.4. The third-order valence-corrected chi connectivity index (χ3v) is 5.81. The second-order valence-electron chi connectivity index (χ2n) is 9.08. The fraction of sp³-hybridized carbons (Fsp3) is 0.429. The Morgan fingerprint density at radius 3 is 2.57 bits per heavy atom. The molecular weight excluding hydrogens is 471 g/mol. The Balaban J connectivity index is 0.00000186. The molecule has 3 N–H and O–H groups in total. The molecular formula is C28H37FN6O2. The van der Waals surface area contributed by atoms with Gasteiger partial charge in [0.15, 0.2) is 11.5 Å². The monoisotopic (exact) mass is 508 g/mol. The highest BCUT2D eigenvalue weighted by atomic mass is 19.1. The van der Waals surface area contributed by atoms with Crippen LogP contribution in [0.3, 0.4) is 0 Å². The molecule has 1 aromatic carbocycles. The molecule has 0 bridgehead atoms. The number of benzene rings is 1. The van der Waals surface area contributed by atoms with Crippen LogP contribution in [0.4, 0.5) is 21.6 Å². The predicted molar refractivity (Wildman–Crippen MR) is 146 cm³/mol. The average Bonchev–Trinajstić information content (AvgIpc) is 3.19. The number of halogens is 1. The maximum Gasteiger partial charge on any atom is 0.278 e. The predicted octanol–water partition coefficient (Wildman–Crippen LogP) is 5.95. The number of nitrogen functional groups attached to an aromatic ring is 1. The molecule has 1 fully saturated rings. The summed E-state index contributed by atoms with van der Waals surface area (Å²) in [5.74, 6) is -0.241. The van der Waals surface area contributed by atoms with Gasteiger partial charge in [-0.25, -0.2) is 14.4 Å². The van der Waals surface area contributed by atoms with E-state index in [1.807, 2.05) is 33.8 Å². The lowest BCUT2D eigenvalue weighted by molar-refractivity contribution is 0.102. The van der Waals surface area contributed by atoms with Gasteiger partial charge in [0.05, 0.1) is 36.1 Å². The number of rotatable bonds is 7. The van der Waals surface area contributed by atoms with Crippen molar-refractivity contribution in [2.75, 3.05) is 35.6 Å². The third kappa shape index (κ3) is 7.38. The maximum absolute atomic E-state index is 14.7. The zero-order valence-electron chi connectivity index (χ0n) is 22.1. The number of hydrogen-bond donors (Lipinski definition) is 2. The van der Waals surface area contributed by atoms with Crippen LogP contribution in [0.25, 0.3) is 11.3 Å². The van der Waals surface area contributed by atoms with Gasteiger partial charge in [-0.2, -0.15) is 0 Å². The van der Waals surface area contributed by atoms with E-state index >= 15 is 0 Å². The number of ether oxygens (including phenoxy) is 1. The van der Waals surface area contributed by atoms with E-state index in [4.69, 9.17) is 10.5 Å². The van der Waals surface area contributed by atoms with Gasteiger partial charge in [-0.1, -0.05) is 40.5 Å². The lowest BCUT2D eigenvalue weighted by atomic mass is 10.1. The molecule has 9 heteroatoms. The SMILES string of the molecule is CC.CC(C)COc1ccc(F)c(-c2cnc(N)c(C(=O)Nc3cnccc3N3CCCCCC3)n2)c1.